The number of benzene rings is 1. The van der Waals surface area contributed by atoms with Crippen LogP contribution in [0.2, 0.25) is 0 Å². The Morgan fingerprint density at radius 2 is 1.82 bits per heavy atom. The fraction of sp³-hybridized carbons (Fsp3) is 0.500. The maximum absolute atomic E-state index is 12.5. The van der Waals surface area contributed by atoms with E-state index < -0.39 is 10.8 Å². The molecule has 1 aromatic carbocycles. The average molecular weight is 247 g/mol. The fourth-order valence-electron chi connectivity index (χ4n) is 2.41. The van der Waals surface area contributed by atoms with Gasteiger partial charge in [-0.3, -0.25) is 4.21 Å². The zero-order valence-corrected chi connectivity index (χ0v) is 10.7. The monoisotopic (exact) mass is 247 g/mol. The van der Waals surface area contributed by atoms with Crippen LogP contribution in [0.15, 0.2) is 35.2 Å². The summed E-state index contributed by atoms with van der Waals surface area (Å²) in [7, 11) is -1.03. The highest BCUT2D eigenvalue weighted by Crippen LogP contribution is 2.29. The van der Waals surface area contributed by atoms with E-state index in [9.17, 15) is 9.47 Å². The molecule has 0 bridgehead atoms. The summed E-state index contributed by atoms with van der Waals surface area (Å²) in [5.74, 6) is -0.0430. The average Bonchev–Trinajstić information content (AvgIpc) is 2.64. The van der Waals surface area contributed by atoms with Gasteiger partial charge < -0.3 is 0 Å². The van der Waals surface area contributed by atoms with Gasteiger partial charge in [0.1, 0.15) is 0 Å². The minimum Gasteiger partial charge on any atom is -0.254 e. The van der Waals surface area contributed by atoms with Gasteiger partial charge in [0.15, 0.2) is 0 Å². The molecule has 3 unspecified atom stereocenters. The quantitative estimate of drug-likeness (QED) is 0.753. The van der Waals surface area contributed by atoms with E-state index in [1.165, 1.54) is 6.42 Å². The zero-order chi connectivity index (χ0) is 12.1. The van der Waals surface area contributed by atoms with Crippen LogP contribution in [0.25, 0.3) is 0 Å². The second kappa shape index (κ2) is 5.97. The Balaban J connectivity index is 2.19. The second-order valence-electron chi connectivity index (χ2n) is 4.52. The molecule has 1 fully saturated rings. The normalized spacial score (nSPS) is 26.8. The van der Waals surface area contributed by atoms with Crippen molar-refractivity contribution in [2.75, 3.05) is 0 Å². The van der Waals surface area contributed by atoms with Crippen LogP contribution in [0.1, 0.15) is 32.1 Å². The van der Waals surface area contributed by atoms with Crippen molar-refractivity contribution in [2.24, 2.45) is 5.92 Å². The molecule has 90 valence electrons. The minimum atomic E-state index is -1.03. The Bertz CT molecular complexity index is 424. The molecule has 0 aromatic heterocycles. The van der Waals surface area contributed by atoms with Gasteiger partial charge in [0, 0.05) is 4.90 Å². The molecule has 1 aliphatic rings. The van der Waals surface area contributed by atoms with Crippen molar-refractivity contribution in [1.29, 1.82) is 5.26 Å². The maximum atomic E-state index is 12.5. The van der Waals surface area contributed by atoms with Gasteiger partial charge in [-0.1, -0.05) is 37.5 Å². The first-order chi connectivity index (χ1) is 8.33. The lowest BCUT2D eigenvalue weighted by molar-refractivity contribution is 0.564. The van der Waals surface area contributed by atoms with Crippen LogP contribution in [-0.2, 0) is 10.8 Å². The third-order valence-electron chi connectivity index (χ3n) is 3.37. The number of hydrogen-bond acceptors (Lipinski definition) is 2. The molecule has 17 heavy (non-hydrogen) atoms. The lowest BCUT2D eigenvalue weighted by Gasteiger charge is -2.18. The van der Waals surface area contributed by atoms with Crippen molar-refractivity contribution in [2.45, 2.75) is 42.2 Å². The molecule has 2 rings (SSSR count). The van der Waals surface area contributed by atoms with Gasteiger partial charge in [0.2, 0.25) is 0 Å². The Morgan fingerprint density at radius 1 is 1.12 bits per heavy atom. The molecule has 0 radical (unpaired) electrons. The van der Waals surface area contributed by atoms with E-state index in [1.807, 2.05) is 30.3 Å². The Kier molecular flexibility index (Phi) is 4.33. The van der Waals surface area contributed by atoms with Gasteiger partial charge in [-0.05, 0) is 25.0 Å². The van der Waals surface area contributed by atoms with Crippen molar-refractivity contribution < 1.29 is 4.21 Å². The van der Waals surface area contributed by atoms with Crippen molar-refractivity contribution in [3.8, 4) is 6.07 Å². The molecule has 3 heteroatoms. The maximum Gasteiger partial charge on any atom is 0.0668 e. The van der Waals surface area contributed by atoms with E-state index in [-0.39, 0.29) is 11.2 Å². The van der Waals surface area contributed by atoms with Crippen LogP contribution in [0, 0.1) is 17.2 Å². The predicted octanol–water partition coefficient (Wildman–Crippen LogP) is 3.27. The highest BCUT2D eigenvalue weighted by Gasteiger charge is 2.29. The fourth-order valence-corrected chi connectivity index (χ4v) is 4.06. The number of rotatable bonds is 2. The summed E-state index contributed by atoms with van der Waals surface area (Å²) >= 11 is 0. The molecule has 0 N–H and O–H groups in total. The molecule has 2 nitrogen and oxygen atoms in total. The largest absolute Gasteiger partial charge is 0.254 e. The van der Waals surface area contributed by atoms with E-state index in [1.54, 1.807) is 0 Å². The molecule has 1 aromatic rings. The smallest absolute Gasteiger partial charge is 0.0668 e. The third-order valence-corrected chi connectivity index (χ3v) is 5.22. The lowest BCUT2D eigenvalue weighted by Crippen LogP contribution is -2.23. The Morgan fingerprint density at radius 3 is 2.53 bits per heavy atom. The summed E-state index contributed by atoms with van der Waals surface area (Å²) in [6.45, 7) is 0. The van der Waals surface area contributed by atoms with Gasteiger partial charge in [0.25, 0.3) is 0 Å². The second-order valence-corrected chi connectivity index (χ2v) is 6.19. The van der Waals surface area contributed by atoms with Crippen molar-refractivity contribution in [3.63, 3.8) is 0 Å². The lowest BCUT2D eigenvalue weighted by atomic mass is 10.0. The predicted molar refractivity (Wildman–Crippen MR) is 68.8 cm³/mol. The molecule has 0 amide bonds. The molecule has 1 saturated carbocycles. The van der Waals surface area contributed by atoms with Gasteiger partial charge in [-0.2, -0.15) is 5.26 Å². The van der Waals surface area contributed by atoms with Crippen LogP contribution in [-0.4, -0.2) is 9.46 Å². The summed E-state index contributed by atoms with van der Waals surface area (Å²) in [5.41, 5.74) is 0. The summed E-state index contributed by atoms with van der Waals surface area (Å²) in [6.07, 6.45) is 5.18. The summed E-state index contributed by atoms with van der Waals surface area (Å²) in [4.78, 5) is 0.861. The third kappa shape index (κ3) is 2.95. The molecule has 0 saturated heterocycles. The SMILES string of the molecule is N#CC1CCCCCC1S(=O)c1ccccc1. The Hall–Kier alpha value is -1.14. The minimum absolute atomic E-state index is 0.0184. The van der Waals surface area contributed by atoms with Crippen molar-refractivity contribution >= 4 is 10.8 Å². The molecular weight excluding hydrogens is 230 g/mol. The van der Waals surface area contributed by atoms with E-state index in [0.717, 1.165) is 30.6 Å². The van der Waals surface area contributed by atoms with Crippen LogP contribution in [0.3, 0.4) is 0 Å². The summed E-state index contributed by atoms with van der Waals surface area (Å²) in [5, 5.41) is 9.22. The van der Waals surface area contributed by atoms with Crippen molar-refractivity contribution in [1.82, 2.24) is 0 Å². The molecular formula is C14H17NOS. The van der Waals surface area contributed by atoms with E-state index >= 15 is 0 Å². The van der Waals surface area contributed by atoms with Crippen LogP contribution in [0.5, 0.6) is 0 Å². The highest BCUT2D eigenvalue weighted by molar-refractivity contribution is 7.85. The van der Waals surface area contributed by atoms with Gasteiger partial charge >= 0.3 is 0 Å². The molecule has 0 heterocycles. The molecule has 0 aliphatic heterocycles. The van der Waals surface area contributed by atoms with Crippen LogP contribution >= 0.6 is 0 Å². The van der Waals surface area contributed by atoms with Crippen molar-refractivity contribution in [3.05, 3.63) is 30.3 Å². The number of hydrogen-bond donors (Lipinski definition) is 0. The molecule has 0 spiro atoms. The number of nitrogens with zero attached hydrogens (tertiary/aromatic N) is 1. The standard InChI is InChI=1S/C14H17NOS/c15-11-12-7-3-1-6-10-14(12)17(16)13-8-4-2-5-9-13/h2,4-5,8-9,12,14H,1,3,6-7,10H2. The summed E-state index contributed by atoms with van der Waals surface area (Å²) < 4.78 is 12.5. The van der Waals surface area contributed by atoms with Gasteiger partial charge in [-0.15, -0.1) is 0 Å². The van der Waals surface area contributed by atoms with E-state index in [4.69, 9.17) is 0 Å². The highest BCUT2D eigenvalue weighted by atomic mass is 32.2. The number of nitriles is 1. The first-order valence-corrected chi connectivity index (χ1v) is 7.39. The summed E-state index contributed by atoms with van der Waals surface area (Å²) in [6, 6.07) is 11.9. The molecule has 3 atom stereocenters. The molecule has 1 aliphatic carbocycles. The van der Waals surface area contributed by atoms with Gasteiger partial charge in [-0.25, -0.2) is 0 Å². The van der Waals surface area contributed by atoms with Crippen LogP contribution in [0.4, 0.5) is 0 Å². The van der Waals surface area contributed by atoms with E-state index in [2.05, 4.69) is 6.07 Å². The first-order valence-electron chi connectivity index (χ1n) is 6.18. The zero-order valence-electron chi connectivity index (χ0n) is 9.84. The topological polar surface area (TPSA) is 40.9 Å². The van der Waals surface area contributed by atoms with E-state index in [0.29, 0.717) is 0 Å². The van der Waals surface area contributed by atoms with Crippen LogP contribution < -0.4 is 0 Å². The Labute approximate surface area is 105 Å². The first kappa shape index (κ1) is 12.3. The van der Waals surface area contributed by atoms with Gasteiger partial charge in [0.05, 0.1) is 28.0 Å².